The Morgan fingerprint density at radius 3 is 2.64 bits per heavy atom. The number of aromatic nitrogens is 1. The zero-order valence-corrected chi connectivity index (χ0v) is 16.4. The molecule has 2 aliphatic rings. The van der Waals surface area contributed by atoms with Gasteiger partial charge in [-0.2, -0.15) is 4.39 Å². The van der Waals surface area contributed by atoms with Crippen LogP contribution in [0.5, 0.6) is 0 Å². The lowest BCUT2D eigenvalue weighted by molar-refractivity contribution is 0.0270. The predicted octanol–water partition coefficient (Wildman–Crippen LogP) is 4.04. The van der Waals surface area contributed by atoms with Gasteiger partial charge in [-0.3, -0.25) is 14.4 Å². The van der Waals surface area contributed by atoms with Gasteiger partial charge in [0.15, 0.2) is 0 Å². The van der Waals surface area contributed by atoms with E-state index in [9.17, 15) is 18.4 Å². The minimum Gasteiger partial charge on any atom is -0.350 e. The van der Waals surface area contributed by atoms with Gasteiger partial charge in [0, 0.05) is 16.7 Å². The smallest absolute Gasteiger partial charge is 0.289 e. The number of halogens is 3. The number of anilines is 2. The summed E-state index contributed by atoms with van der Waals surface area (Å²) >= 11 is 3.15. The third-order valence-electron chi connectivity index (χ3n) is 4.74. The Hall–Kier alpha value is -2.26. The minimum atomic E-state index is -1.14. The van der Waals surface area contributed by atoms with Crippen molar-refractivity contribution in [1.29, 1.82) is 0 Å². The molecule has 0 saturated heterocycles. The molecule has 2 aromatic rings. The molecule has 0 bridgehead atoms. The van der Waals surface area contributed by atoms with E-state index in [1.807, 2.05) is 0 Å². The lowest BCUT2D eigenvalue weighted by Crippen LogP contribution is -2.30. The van der Waals surface area contributed by atoms with Gasteiger partial charge in [0.25, 0.3) is 11.5 Å². The van der Waals surface area contributed by atoms with Crippen LogP contribution in [-0.4, -0.2) is 17.1 Å². The van der Waals surface area contributed by atoms with E-state index in [0.717, 1.165) is 25.7 Å². The molecule has 0 radical (unpaired) electrons. The fourth-order valence-electron chi connectivity index (χ4n) is 2.81. The number of nitrogens with zero attached hydrogens (tertiary/aromatic N) is 1. The Morgan fingerprint density at radius 2 is 2.00 bits per heavy atom. The average Bonchev–Trinajstić information content (AvgIpc) is 3.54. The molecular formula is C19H18BrF2N3O3. The first-order valence-electron chi connectivity index (χ1n) is 9.03. The largest absolute Gasteiger partial charge is 0.350 e. The monoisotopic (exact) mass is 453 g/mol. The zero-order chi connectivity index (χ0) is 19.8. The summed E-state index contributed by atoms with van der Waals surface area (Å²) in [6, 6.07) is 4.02. The SMILES string of the molecule is O=C(NOCC1CC1)c1cn(C2CC2)c(=O)c(F)c1Nc1ccc(Br)cc1F. The van der Waals surface area contributed by atoms with E-state index in [-0.39, 0.29) is 23.0 Å². The number of nitrogens with one attached hydrogen (secondary N) is 2. The molecule has 4 rings (SSSR count). The van der Waals surface area contributed by atoms with Crippen molar-refractivity contribution in [3.8, 4) is 0 Å². The first-order chi connectivity index (χ1) is 13.4. The van der Waals surface area contributed by atoms with Crippen LogP contribution >= 0.6 is 15.9 Å². The van der Waals surface area contributed by atoms with Crippen molar-refractivity contribution in [2.75, 3.05) is 11.9 Å². The van der Waals surface area contributed by atoms with Gasteiger partial charge >= 0.3 is 0 Å². The Kier molecular flexibility index (Phi) is 5.20. The summed E-state index contributed by atoms with van der Waals surface area (Å²) in [5.41, 5.74) is 0.883. The number of hydrogen-bond donors (Lipinski definition) is 2. The number of hydrogen-bond acceptors (Lipinski definition) is 4. The Morgan fingerprint density at radius 1 is 1.25 bits per heavy atom. The third-order valence-corrected chi connectivity index (χ3v) is 5.23. The van der Waals surface area contributed by atoms with E-state index < -0.39 is 23.1 Å². The van der Waals surface area contributed by atoms with Crippen molar-refractivity contribution in [3.63, 3.8) is 0 Å². The van der Waals surface area contributed by atoms with Gasteiger partial charge in [-0.25, -0.2) is 9.87 Å². The molecule has 28 heavy (non-hydrogen) atoms. The first-order valence-corrected chi connectivity index (χ1v) is 9.82. The van der Waals surface area contributed by atoms with E-state index >= 15 is 0 Å². The maximum Gasteiger partial charge on any atom is 0.289 e. The molecule has 2 fully saturated rings. The van der Waals surface area contributed by atoms with E-state index in [1.54, 1.807) is 6.07 Å². The predicted molar refractivity (Wildman–Crippen MR) is 102 cm³/mol. The molecule has 0 unspecified atom stereocenters. The lowest BCUT2D eigenvalue weighted by atomic mass is 10.2. The molecule has 0 atom stereocenters. The van der Waals surface area contributed by atoms with Gasteiger partial charge in [0.05, 0.1) is 23.5 Å². The molecule has 9 heteroatoms. The summed E-state index contributed by atoms with van der Waals surface area (Å²) in [6.07, 6.45) is 4.89. The topological polar surface area (TPSA) is 72.4 Å². The molecule has 148 valence electrons. The van der Waals surface area contributed by atoms with Gasteiger partial charge in [0.1, 0.15) is 5.82 Å². The van der Waals surface area contributed by atoms with Crippen molar-refractivity contribution in [2.24, 2.45) is 5.92 Å². The van der Waals surface area contributed by atoms with Crippen molar-refractivity contribution < 1.29 is 18.4 Å². The molecule has 0 aliphatic heterocycles. The number of benzene rings is 1. The highest BCUT2D eigenvalue weighted by Gasteiger charge is 2.30. The normalized spacial score (nSPS) is 16.1. The molecule has 1 amide bonds. The number of hydroxylamine groups is 1. The van der Waals surface area contributed by atoms with Crippen molar-refractivity contribution >= 4 is 33.2 Å². The van der Waals surface area contributed by atoms with Crippen LogP contribution in [-0.2, 0) is 4.84 Å². The van der Waals surface area contributed by atoms with Crippen molar-refractivity contribution in [1.82, 2.24) is 10.0 Å². The molecule has 2 aliphatic carbocycles. The van der Waals surface area contributed by atoms with Crippen LogP contribution in [0, 0.1) is 17.6 Å². The first kappa shape index (κ1) is 19.1. The van der Waals surface area contributed by atoms with Gasteiger partial charge < -0.3 is 9.88 Å². The van der Waals surface area contributed by atoms with Gasteiger partial charge in [-0.1, -0.05) is 15.9 Å². The Balaban J connectivity index is 1.68. The summed E-state index contributed by atoms with van der Waals surface area (Å²) in [4.78, 5) is 30.2. The van der Waals surface area contributed by atoms with E-state index in [0.29, 0.717) is 17.0 Å². The standard InChI is InChI=1S/C19H18BrF2N3O3/c20-11-3-6-15(14(21)7-11)23-17-13(18(26)24-28-9-10-1-2-10)8-25(12-4-5-12)19(27)16(17)22/h3,6-8,10,12,23H,1-2,4-5,9H2,(H,24,26). The number of amides is 1. The van der Waals surface area contributed by atoms with Crippen LogP contribution in [0.1, 0.15) is 42.1 Å². The fraction of sp³-hybridized carbons (Fsp3) is 0.368. The zero-order valence-electron chi connectivity index (χ0n) is 14.8. The van der Waals surface area contributed by atoms with Crippen molar-refractivity contribution in [3.05, 3.63) is 56.4 Å². The Bertz CT molecular complexity index is 987. The van der Waals surface area contributed by atoms with E-state index in [2.05, 4.69) is 26.7 Å². The molecule has 2 saturated carbocycles. The van der Waals surface area contributed by atoms with E-state index in [1.165, 1.54) is 22.9 Å². The summed E-state index contributed by atoms with van der Waals surface area (Å²) in [5.74, 6) is -2.07. The van der Waals surface area contributed by atoms with Crippen LogP contribution in [0.4, 0.5) is 20.2 Å². The fourth-order valence-corrected chi connectivity index (χ4v) is 3.14. The summed E-state index contributed by atoms with van der Waals surface area (Å²) in [6.45, 7) is 0.376. The summed E-state index contributed by atoms with van der Waals surface area (Å²) in [5, 5.41) is 2.56. The molecule has 2 N–H and O–H groups in total. The maximum atomic E-state index is 14.9. The second-order valence-electron chi connectivity index (χ2n) is 7.11. The Labute approximate surface area is 168 Å². The number of rotatable bonds is 7. The van der Waals surface area contributed by atoms with E-state index in [4.69, 9.17) is 4.84 Å². The van der Waals surface area contributed by atoms with Crippen LogP contribution in [0.3, 0.4) is 0 Å². The second kappa shape index (κ2) is 7.63. The van der Waals surface area contributed by atoms with Gasteiger partial charge in [-0.05, 0) is 49.8 Å². The van der Waals surface area contributed by atoms with Crippen LogP contribution in [0.15, 0.2) is 33.7 Å². The number of carbonyl (C=O) groups is 1. The van der Waals surface area contributed by atoms with Gasteiger partial charge in [0.2, 0.25) is 5.82 Å². The maximum absolute atomic E-state index is 14.9. The molecule has 1 aromatic heterocycles. The highest BCUT2D eigenvalue weighted by molar-refractivity contribution is 9.10. The molecule has 1 aromatic carbocycles. The number of carbonyl (C=O) groups excluding carboxylic acids is 1. The molecule has 6 nitrogen and oxygen atoms in total. The molecule has 0 spiro atoms. The highest BCUT2D eigenvalue weighted by atomic mass is 79.9. The molecule has 1 heterocycles. The average molecular weight is 454 g/mol. The lowest BCUT2D eigenvalue weighted by Gasteiger charge is -2.16. The van der Waals surface area contributed by atoms with Crippen LogP contribution in [0.25, 0.3) is 0 Å². The summed E-state index contributed by atoms with van der Waals surface area (Å²) < 4.78 is 30.8. The number of pyridine rings is 1. The quantitative estimate of drug-likeness (QED) is 0.620. The van der Waals surface area contributed by atoms with Crippen LogP contribution < -0.4 is 16.4 Å². The van der Waals surface area contributed by atoms with Gasteiger partial charge in [-0.15, -0.1) is 0 Å². The molecular weight excluding hydrogens is 436 g/mol. The third kappa shape index (κ3) is 4.10. The summed E-state index contributed by atoms with van der Waals surface area (Å²) in [7, 11) is 0. The highest BCUT2D eigenvalue weighted by Crippen LogP contribution is 2.35. The van der Waals surface area contributed by atoms with Crippen molar-refractivity contribution in [2.45, 2.75) is 31.7 Å². The second-order valence-corrected chi connectivity index (χ2v) is 8.03. The minimum absolute atomic E-state index is 0.0568. The van der Waals surface area contributed by atoms with Crippen LogP contribution in [0.2, 0.25) is 0 Å².